The summed E-state index contributed by atoms with van der Waals surface area (Å²) in [5.41, 5.74) is 1.97. The number of nitrogens with one attached hydrogen (secondary N) is 1. The van der Waals surface area contributed by atoms with E-state index in [0.717, 1.165) is 0 Å². The van der Waals surface area contributed by atoms with Gasteiger partial charge in [-0.2, -0.15) is 5.10 Å². The van der Waals surface area contributed by atoms with E-state index < -0.39 is 17.3 Å². The van der Waals surface area contributed by atoms with E-state index in [1.165, 1.54) is 32.0 Å². The third kappa shape index (κ3) is 3.14. The highest BCUT2D eigenvalue weighted by Gasteiger charge is 2.10. The topological polar surface area (TPSA) is 115 Å². The van der Waals surface area contributed by atoms with E-state index in [1.54, 1.807) is 12.1 Å². The predicted molar refractivity (Wildman–Crippen MR) is 78.4 cm³/mol. The van der Waals surface area contributed by atoms with E-state index in [-0.39, 0.29) is 28.3 Å². The van der Waals surface area contributed by atoms with Crippen molar-refractivity contribution in [1.82, 2.24) is 0 Å². The van der Waals surface area contributed by atoms with Crippen LogP contribution in [0.3, 0.4) is 0 Å². The molecule has 2 N–H and O–H groups in total. The van der Waals surface area contributed by atoms with E-state index >= 15 is 0 Å². The first-order valence-electron chi connectivity index (χ1n) is 6.35. The molecule has 7 heteroatoms. The number of hydrogen-bond donors (Lipinski definition) is 2. The molecular formula is C15H13N2O5-. The molecule has 0 spiro atoms. The standard InChI is InChI=1S/C15H14N2O5/c1-8-7-12(18)13(15(21)22-8)9(2)16-17-11-6-4-3-5-10(11)14(19)20/h3-7,17-18H,1-2H3,(H,19,20)/p-1/b16-9+. The first kappa shape index (κ1) is 15.3. The van der Waals surface area contributed by atoms with Crippen LogP contribution in [0.2, 0.25) is 0 Å². The van der Waals surface area contributed by atoms with Gasteiger partial charge in [-0.05, 0) is 32.0 Å². The molecule has 0 bridgehead atoms. The second-order valence-electron chi connectivity index (χ2n) is 4.54. The molecule has 0 saturated heterocycles. The van der Waals surface area contributed by atoms with Crippen molar-refractivity contribution in [1.29, 1.82) is 0 Å². The fourth-order valence-electron chi connectivity index (χ4n) is 1.88. The Labute approximate surface area is 125 Å². The smallest absolute Gasteiger partial charge is 0.344 e. The molecule has 22 heavy (non-hydrogen) atoms. The van der Waals surface area contributed by atoms with Gasteiger partial charge in [0.1, 0.15) is 5.76 Å². The van der Waals surface area contributed by atoms with Gasteiger partial charge in [0.25, 0.3) is 0 Å². The van der Waals surface area contributed by atoms with Crippen molar-refractivity contribution in [3.05, 3.63) is 57.6 Å². The number of hydrogen-bond acceptors (Lipinski definition) is 6. The van der Waals surface area contributed by atoms with Crippen molar-refractivity contribution in [3.8, 4) is 5.75 Å². The molecule has 0 fully saturated rings. The average Bonchev–Trinajstić information content (AvgIpc) is 2.44. The Hall–Kier alpha value is -3.09. The summed E-state index contributed by atoms with van der Waals surface area (Å²) < 4.78 is 4.87. The molecule has 0 amide bonds. The number of benzene rings is 1. The summed E-state index contributed by atoms with van der Waals surface area (Å²) >= 11 is 0. The van der Waals surface area contributed by atoms with E-state index in [9.17, 15) is 14.7 Å². The predicted octanol–water partition coefficient (Wildman–Crippen LogP) is 1.56. The average molecular weight is 301 g/mol. The number of carboxylic acids is 1. The normalized spacial score (nSPS) is 11.3. The summed E-state index contributed by atoms with van der Waals surface area (Å²) in [5, 5.41) is 24.8. The Morgan fingerprint density at radius 2 is 2.05 bits per heavy atom. The molecule has 2 aromatic rings. The van der Waals surface area contributed by atoms with E-state index in [2.05, 4.69) is 10.5 Å². The van der Waals surface area contributed by atoms with Crippen molar-refractivity contribution < 1.29 is 19.4 Å². The molecule has 0 aliphatic carbocycles. The maximum Gasteiger partial charge on any atom is 0.344 e. The monoisotopic (exact) mass is 301 g/mol. The van der Waals surface area contributed by atoms with Crippen LogP contribution in [0.4, 0.5) is 5.69 Å². The molecule has 114 valence electrons. The molecule has 0 atom stereocenters. The fraction of sp³-hybridized carbons (Fsp3) is 0.133. The molecular weight excluding hydrogens is 288 g/mol. The number of aryl methyl sites for hydroxylation is 1. The largest absolute Gasteiger partial charge is 0.872 e. The molecule has 0 aliphatic rings. The van der Waals surface area contributed by atoms with Gasteiger partial charge in [0, 0.05) is 0 Å². The first-order chi connectivity index (χ1) is 10.4. The SMILES string of the molecule is C/C(=N\Nc1ccccc1C(=O)O)c1c([O-])cc(C)oc1=O. The number of nitrogens with zero attached hydrogens (tertiary/aromatic N) is 1. The maximum absolute atomic E-state index is 11.8. The van der Waals surface area contributed by atoms with Gasteiger partial charge in [0.15, 0.2) is 0 Å². The Bertz CT molecular complexity index is 808. The van der Waals surface area contributed by atoms with Crippen molar-refractivity contribution >= 4 is 17.4 Å². The highest BCUT2D eigenvalue weighted by Crippen LogP contribution is 2.16. The van der Waals surface area contributed by atoms with Crippen LogP contribution in [0.15, 0.2) is 44.6 Å². The van der Waals surface area contributed by atoms with Crippen LogP contribution >= 0.6 is 0 Å². The Kier molecular flexibility index (Phi) is 4.26. The summed E-state index contributed by atoms with van der Waals surface area (Å²) in [7, 11) is 0. The number of carboxylic acid groups (broad SMARTS) is 1. The van der Waals surface area contributed by atoms with Crippen LogP contribution in [0, 0.1) is 6.92 Å². The first-order valence-corrected chi connectivity index (χ1v) is 6.35. The lowest BCUT2D eigenvalue weighted by molar-refractivity contribution is -0.269. The summed E-state index contributed by atoms with van der Waals surface area (Å²) in [6.45, 7) is 2.96. The van der Waals surface area contributed by atoms with Crippen LogP contribution < -0.4 is 16.2 Å². The van der Waals surface area contributed by atoms with Gasteiger partial charge >= 0.3 is 11.6 Å². The van der Waals surface area contributed by atoms with Crippen molar-refractivity contribution in [2.45, 2.75) is 13.8 Å². The highest BCUT2D eigenvalue weighted by molar-refractivity contribution is 6.01. The van der Waals surface area contributed by atoms with Gasteiger partial charge in [0.05, 0.1) is 22.5 Å². The third-order valence-corrected chi connectivity index (χ3v) is 2.90. The van der Waals surface area contributed by atoms with Gasteiger partial charge in [-0.1, -0.05) is 17.9 Å². The quantitative estimate of drug-likeness (QED) is 0.654. The second-order valence-corrected chi connectivity index (χ2v) is 4.54. The Morgan fingerprint density at radius 3 is 2.68 bits per heavy atom. The molecule has 1 aromatic carbocycles. The summed E-state index contributed by atoms with van der Waals surface area (Å²) in [5.74, 6) is -1.39. The zero-order chi connectivity index (χ0) is 16.3. The number of rotatable bonds is 4. The summed E-state index contributed by atoms with van der Waals surface area (Å²) in [6, 6.07) is 7.35. The van der Waals surface area contributed by atoms with E-state index in [4.69, 9.17) is 9.52 Å². The number of aromatic carboxylic acids is 1. The van der Waals surface area contributed by atoms with Crippen molar-refractivity contribution in [3.63, 3.8) is 0 Å². The molecule has 7 nitrogen and oxygen atoms in total. The number of hydrazone groups is 1. The molecule has 0 aliphatic heterocycles. The molecule has 1 heterocycles. The fourth-order valence-corrected chi connectivity index (χ4v) is 1.88. The van der Waals surface area contributed by atoms with E-state index in [0.29, 0.717) is 0 Å². The molecule has 0 saturated carbocycles. The molecule has 1 aromatic heterocycles. The van der Waals surface area contributed by atoms with E-state index in [1.807, 2.05) is 0 Å². The number of para-hydroxylation sites is 1. The zero-order valence-corrected chi connectivity index (χ0v) is 11.9. The van der Waals surface area contributed by atoms with Crippen molar-refractivity contribution in [2.75, 3.05) is 5.43 Å². The maximum atomic E-state index is 11.8. The van der Waals surface area contributed by atoms with Gasteiger partial charge < -0.3 is 14.6 Å². The van der Waals surface area contributed by atoms with Gasteiger partial charge in [-0.25, -0.2) is 9.59 Å². The lowest BCUT2D eigenvalue weighted by atomic mass is 10.1. The molecule has 0 radical (unpaired) electrons. The lowest BCUT2D eigenvalue weighted by Gasteiger charge is -2.12. The van der Waals surface area contributed by atoms with Gasteiger partial charge in [-0.3, -0.25) is 5.43 Å². The van der Waals surface area contributed by atoms with Crippen LogP contribution in [-0.2, 0) is 0 Å². The second kappa shape index (κ2) is 6.13. The van der Waals surface area contributed by atoms with Crippen LogP contribution in [0.25, 0.3) is 0 Å². The van der Waals surface area contributed by atoms with Crippen LogP contribution in [0.1, 0.15) is 28.6 Å². The third-order valence-electron chi connectivity index (χ3n) is 2.90. The number of anilines is 1. The minimum atomic E-state index is -1.12. The lowest BCUT2D eigenvalue weighted by Crippen LogP contribution is -2.17. The minimum absolute atomic E-state index is 0.0253. The summed E-state index contributed by atoms with van der Waals surface area (Å²) in [4.78, 5) is 22.8. The minimum Gasteiger partial charge on any atom is -0.872 e. The molecule has 2 rings (SSSR count). The van der Waals surface area contributed by atoms with Crippen molar-refractivity contribution in [2.24, 2.45) is 5.10 Å². The van der Waals surface area contributed by atoms with Gasteiger partial charge in [-0.15, -0.1) is 0 Å². The van der Waals surface area contributed by atoms with Gasteiger partial charge in [0.2, 0.25) is 0 Å². The van der Waals surface area contributed by atoms with Crippen LogP contribution in [0.5, 0.6) is 5.75 Å². The Balaban J connectivity index is 2.36. The number of carbonyl (C=O) groups is 1. The Morgan fingerprint density at radius 1 is 1.36 bits per heavy atom. The zero-order valence-electron chi connectivity index (χ0n) is 11.9. The highest BCUT2D eigenvalue weighted by atomic mass is 16.4. The molecule has 0 unspecified atom stereocenters. The summed E-state index contributed by atoms with van der Waals surface area (Å²) in [6.07, 6.45) is 0. The van der Waals surface area contributed by atoms with Crippen LogP contribution in [-0.4, -0.2) is 16.8 Å².